The highest BCUT2D eigenvalue weighted by atomic mass is 32.2. The summed E-state index contributed by atoms with van der Waals surface area (Å²) in [4.78, 5) is 12.1. The molecule has 2 aromatic rings. The van der Waals surface area contributed by atoms with Gasteiger partial charge in [0.2, 0.25) is 10.0 Å². The summed E-state index contributed by atoms with van der Waals surface area (Å²) in [5, 5.41) is 9.33. The Labute approximate surface area is 223 Å². The number of rotatable bonds is 8. The summed E-state index contributed by atoms with van der Waals surface area (Å²) >= 11 is 0. The molecule has 0 saturated carbocycles. The Kier molecular flexibility index (Phi) is 8.31. The van der Waals surface area contributed by atoms with E-state index in [1.54, 1.807) is 0 Å². The summed E-state index contributed by atoms with van der Waals surface area (Å²) in [6.45, 7) is 1.53. The minimum atomic E-state index is -5.02. The van der Waals surface area contributed by atoms with Crippen LogP contribution < -0.4 is 9.64 Å². The number of nitrogens with zero attached hydrogens (tertiary/aromatic N) is 2. The van der Waals surface area contributed by atoms with Gasteiger partial charge in [-0.15, -0.1) is 0 Å². The van der Waals surface area contributed by atoms with E-state index in [4.69, 9.17) is 4.74 Å². The lowest BCUT2D eigenvalue weighted by atomic mass is 9.95. The number of benzene rings is 2. The number of carbonyl (C=O) groups is 1. The molecule has 0 saturated heterocycles. The zero-order valence-electron chi connectivity index (χ0n) is 21.5. The second-order valence-corrected chi connectivity index (χ2v) is 14.2. The molecular formula is C24H28F4N2O7S2. The summed E-state index contributed by atoms with van der Waals surface area (Å²) < 4.78 is 113. The van der Waals surface area contributed by atoms with Crippen LogP contribution in [0.25, 0.3) is 0 Å². The Morgan fingerprint density at radius 1 is 1.15 bits per heavy atom. The number of ether oxygens (including phenoxy) is 1. The number of aliphatic carboxylic acids is 1. The molecule has 15 heteroatoms. The van der Waals surface area contributed by atoms with E-state index in [1.165, 1.54) is 37.9 Å². The Morgan fingerprint density at radius 3 is 2.26 bits per heavy atom. The number of likely N-dealkylation sites (N-methyl/N-ethyl adjacent to an activating group) is 1. The average Bonchev–Trinajstić information content (AvgIpc) is 2.88. The van der Waals surface area contributed by atoms with Crippen LogP contribution in [0, 0.1) is 11.2 Å². The van der Waals surface area contributed by atoms with Crippen LogP contribution in [-0.2, 0) is 30.8 Å². The van der Waals surface area contributed by atoms with E-state index in [0.717, 1.165) is 22.7 Å². The molecular weight excluding hydrogens is 568 g/mol. The quantitative estimate of drug-likeness (QED) is 0.456. The number of anilines is 2. The van der Waals surface area contributed by atoms with Gasteiger partial charge in [-0.25, -0.2) is 21.2 Å². The predicted octanol–water partition coefficient (Wildman–Crippen LogP) is 3.91. The molecule has 1 aliphatic heterocycles. The number of hydrogen-bond acceptors (Lipinski definition) is 7. The van der Waals surface area contributed by atoms with Gasteiger partial charge in [0.15, 0.2) is 0 Å². The number of carboxylic acids is 1. The van der Waals surface area contributed by atoms with Crippen LogP contribution in [0.5, 0.6) is 5.75 Å². The van der Waals surface area contributed by atoms with Crippen LogP contribution in [0.1, 0.15) is 25.8 Å². The molecule has 216 valence electrons. The van der Waals surface area contributed by atoms with Crippen molar-refractivity contribution in [1.29, 1.82) is 0 Å². The summed E-state index contributed by atoms with van der Waals surface area (Å²) in [7, 11) is -6.85. The molecule has 1 atom stereocenters. The second-order valence-electron chi connectivity index (χ2n) is 9.97. The minimum absolute atomic E-state index is 0.164. The van der Waals surface area contributed by atoms with Crippen LogP contribution in [0.3, 0.4) is 0 Å². The van der Waals surface area contributed by atoms with Crippen molar-refractivity contribution in [1.82, 2.24) is 4.31 Å². The van der Waals surface area contributed by atoms with Crippen LogP contribution in [0.15, 0.2) is 41.3 Å². The van der Waals surface area contributed by atoms with Crippen molar-refractivity contribution >= 4 is 37.2 Å². The van der Waals surface area contributed by atoms with E-state index in [0.29, 0.717) is 12.1 Å². The lowest BCUT2D eigenvalue weighted by Gasteiger charge is -2.30. The number of sulfone groups is 1. The SMILES string of the molecule is CN1[C@H](CCS(C)(=O)=O)CN(c2ccc(F)cc2)c2cc(C(F)(F)F)c(OCC(C)(C)C(=O)O)cc2S1(=O)=O. The monoisotopic (exact) mass is 596 g/mol. The van der Waals surface area contributed by atoms with E-state index in [2.05, 4.69) is 0 Å². The maximum absolute atomic E-state index is 14.2. The first-order valence-corrected chi connectivity index (χ1v) is 15.0. The Morgan fingerprint density at radius 2 is 1.74 bits per heavy atom. The van der Waals surface area contributed by atoms with Gasteiger partial charge in [-0.05, 0) is 50.6 Å². The first-order chi connectivity index (χ1) is 17.7. The van der Waals surface area contributed by atoms with Gasteiger partial charge >= 0.3 is 12.1 Å². The van der Waals surface area contributed by atoms with Gasteiger partial charge in [-0.1, -0.05) is 0 Å². The molecule has 0 aliphatic carbocycles. The van der Waals surface area contributed by atoms with Gasteiger partial charge in [0.05, 0.1) is 22.4 Å². The first kappa shape index (κ1) is 30.6. The molecule has 2 aromatic carbocycles. The topological polar surface area (TPSA) is 121 Å². The second kappa shape index (κ2) is 10.6. The van der Waals surface area contributed by atoms with E-state index >= 15 is 0 Å². The molecule has 1 N–H and O–H groups in total. The number of halogens is 4. The smallest absolute Gasteiger partial charge is 0.420 e. The lowest BCUT2D eigenvalue weighted by Crippen LogP contribution is -2.41. The van der Waals surface area contributed by atoms with Crippen molar-refractivity contribution in [2.75, 3.05) is 37.1 Å². The third-order valence-electron chi connectivity index (χ3n) is 6.35. The molecule has 9 nitrogen and oxygen atoms in total. The molecule has 0 aromatic heterocycles. The van der Waals surface area contributed by atoms with Gasteiger partial charge in [-0.2, -0.15) is 17.5 Å². The molecule has 0 spiro atoms. The zero-order valence-corrected chi connectivity index (χ0v) is 23.1. The molecule has 0 unspecified atom stereocenters. The highest BCUT2D eigenvalue weighted by Crippen LogP contribution is 2.46. The van der Waals surface area contributed by atoms with Crippen molar-refractivity contribution < 1.29 is 49.0 Å². The van der Waals surface area contributed by atoms with Crippen molar-refractivity contribution in [3.05, 3.63) is 47.8 Å². The highest BCUT2D eigenvalue weighted by Gasteiger charge is 2.42. The van der Waals surface area contributed by atoms with Crippen LogP contribution in [-0.4, -0.2) is 70.5 Å². The average molecular weight is 597 g/mol. The Balaban J connectivity index is 2.28. The Bertz CT molecular complexity index is 1460. The van der Waals surface area contributed by atoms with Crippen molar-refractivity contribution in [3.63, 3.8) is 0 Å². The summed E-state index contributed by atoms with van der Waals surface area (Å²) in [5.74, 6) is -3.25. The van der Waals surface area contributed by atoms with E-state index in [-0.39, 0.29) is 24.3 Å². The molecule has 0 fully saturated rings. The molecule has 1 heterocycles. The fourth-order valence-corrected chi connectivity index (χ4v) is 6.16. The number of alkyl halides is 3. The molecule has 39 heavy (non-hydrogen) atoms. The summed E-state index contributed by atoms with van der Waals surface area (Å²) in [5.41, 5.74) is -3.15. The minimum Gasteiger partial charge on any atom is -0.492 e. The van der Waals surface area contributed by atoms with Crippen LogP contribution >= 0.6 is 0 Å². The van der Waals surface area contributed by atoms with E-state index in [9.17, 15) is 44.3 Å². The normalized spacial score (nSPS) is 18.4. The number of hydrogen-bond donors (Lipinski definition) is 1. The first-order valence-electron chi connectivity index (χ1n) is 11.5. The highest BCUT2D eigenvalue weighted by molar-refractivity contribution is 7.90. The molecule has 3 rings (SSSR count). The van der Waals surface area contributed by atoms with E-state index < -0.39 is 77.8 Å². The maximum atomic E-state index is 14.2. The fourth-order valence-electron chi connectivity index (χ4n) is 3.89. The lowest BCUT2D eigenvalue weighted by molar-refractivity contribution is -0.148. The molecule has 0 radical (unpaired) electrons. The van der Waals surface area contributed by atoms with E-state index in [1.807, 2.05) is 0 Å². The van der Waals surface area contributed by atoms with Crippen molar-refractivity contribution in [3.8, 4) is 5.75 Å². The van der Waals surface area contributed by atoms with Crippen LogP contribution in [0.2, 0.25) is 0 Å². The van der Waals surface area contributed by atoms with Gasteiger partial charge in [0.1, 0.15) is 32.9 Å². The third kappa shape index (κ3) is 6.81. The standard InChI is InChI=1S/C24H28F4N2O7S2/c1-23(2,22(31)32)14-37-20-12-21-19(11-18(20)24(26,27)28)30(16-7-5-15(25)6-8-16)13-17(9-10-38(4,33)34)29(3)39(21,35)36/h5-8,11-12,17H,9-10,13-14H2,1-4H3,(H,31,32)/t17-/m1/s1. The largest absolute Gasteiger partial charge is 0.492 e. The van der Waals surface area contributed by atoms with Crippen molar-refractivity contribution in [2.24, 2.45) is 5.41 Å². The fraction of sp³-hybridized carbons (Fsp3) is 0.458. The predicted molar refractivity (Wildman–Crippen MR) is 135 cm³/mol. The maximum Gasteiger partial charge on any atom is 0.420 e. The van der Waals surface area contributed by atoms with Gasteiger partial charge in [0, 0.05) is 37.6 Å². The molecule has 0 bridgehead atoms. The number of carboxylic acid groups (broad SMARTS) is 1. The number of fused-ring (bicyclic) bond motifs is 1. The van der Waals surface area contributed by atoms with Gasteiger partial charge < -0.3 is 14.7 Å². The number of sulfonamides is 1. The third-order valence-corrected chi connectivity index (χ3v) is 9.27. The Hall–Kier alpha value is -2.91. The summed E-state index contributed by atoms with van der Waals surface area (Å²) in [6, 6.07) is 4.92. The van der Waals surface area contributed by atoms with Crippen molar-refractivity contribution in [2.45, 2.75) is 37.4 Å². The zero-order chi connectivity index (χ0) is 29.6. The van der Waals surface area contributed by atoms with Crippen LogP contribution in [0.4, 0.5) is 28.9 Å². The van der Waals surface area contributed by atoms with Gasteiger partial charge in [-0.3, -0.25) is 4.79 Å². The molecule has 1 aliphatic rings. The summed E-state index contributed by atoms with van der Waals surface area (Å²) in [6.07, 6.45) is -4.21. The van der Waals surface area contributed by atoms with Gasteiger partial charge in [0.25, 0.3) is 0 Å². The molecule has 0 amide bonds.